The molecule has 0 fully saturated rings. The lowest BCUT2D eigenvalue weighted by atomic mass is 9.63. The molecule has 2 unspecified atom stereocenters. The molecular weight excluding hydrogens is 691 g/mol. The lowest BCUT2D eigenvalue weighted by Crippen LogP contribution is -2.31. The molecule has 3 heteroatoms. The summed E-state index contributed by atoms with van der Waals surface area (Å²) in [6.07, 6.45) is 5.12. The van der Waals surface area contributed by atoms with E-state index < -0.39 is 5.41 Å². The van der Waals surface area contributed by atoms with Gasteiger partial charge in [-0.15, -0.1) is 0 Å². The third-order valence-electron chi connectivity index (χ3n) is 12.0. The highest BCUT2D eigenvalue weighted by molar-refractivity contribution is 5.98. The first kappa shape index (κ1) is 34.5. The van der Waals surface area contributed by atoms with Crippen molar-refractivity contribution in [1.29, 1.82) is 0 Å². The van der Waals surface area contributed by atoms with E-state index in [0.717, 1.165) is 28.8 Å². The minimum atomic E-state index is -0.449. The molecule has 1 N–H and O–H groups in total. The van der Waals surface area contributed by atoms with E-state index in [1.54, 1.807) is 0 Å². The molecule has 274 valence electrons. The standard InChI is InChI=1S/C54H43N3/c1-37-33-44(54(43-25-13-6-14-26-43)48-29-17-15-27-45(48)46-28-16-18-30-49(46)54)35-51-52(37)47-32-31-42(40-21-9-4-10-22-40)34-50(47)57(51)36-55-53(41-23-11-5-12-24-41)56-38(2)39-19-7-3-8-20-39/h3-32,34-37,53,56H,2,33H2,1H3. The SMILES string of the molecule is C=C(NC(N=Cn1c2c(c3ccc(-c4ccccc4)cc31)C(C)CC(C1(c3ccccc3)c3ccccc3-c3ccccc31)=C2)c1ccccc1)c1ccccc1. The summed E-state index contributed by atoms with van der Waals surface area (Å²) in [5, 5.41) is 4.93. The van der Waals surface area contributed by atoms with Crippen LogP contribution < -0.4 is 5.32 Å². The molecule has 2 aliphatic rings. The van der Waals surface area contributed by atoms with Crippen LogP contribution in [0.2, 0.25) is 0 Å². The van der Waals surface area contributed by atoms with Crippen LogP contribution in [0, 0.1) is 0 Å². The van der Waals surface area contributed by atoms with Crippen molar-refractivity contribution in [2.24, 2.45) is 4.99 Å². The van der Waals surface area contributed by atoms with Crippen molar-refractivity contribution < 1.29 is 0 Å². The fraction of sp³-hybridized carbons (Fsp3) is 0.0926. The molecular formula is C54H43N3. The van der Waals surface area contributed by atoms with Gasteiger partial charge in [0, 0.05) is 11.1 Å². The summed E-state index contributed by atoms with van der Waals surface area (Å²) >= 11 is 0. The van der Waals surface area contributed by atoms with E-state index in [1.165, 1.54) is 61.2 Å². The molecule has 10 rings (SSSR count). The Bertz CT molecular complexity index is 2770. The van der Waals surface area contributed by atoms with Crippen molar-refractivity contribution in [3.8, 4) is 22.3 Å². The predicted octanol–water partition coefficient (Wildman–Crippen LogP) is 13.0. The van der Waals surface area contributed by atoms with Crippen molar-refractivity contribution >= 4 is 29.0 Å². The first-order valence-corrected chi connectivity index (χ1v) is 19.9. The van der Waals surface area contributed by atoms with Gasteiger partial charge in [-0.05, 0) is 85.7 Å². The Hall–Kier alpha value is -6.97. The Labute approximate surface area is 335 Å². The minimum Gasteiger partial charge on any atom is -0.360 e. The van der Waals surface area contributed by atoms with Gasteiger partial charge >= 0.3 is 0 Å². The van der Waals surface area contributed by atoms with E-state index in [9.17, 15) is 0 Å². The quantitative estimate of drug-likeness (QED) is 0.116. The highest BCUT2D eigenvalue weighted by atomic mass is 15.1. The number of aliphatic imine (C=N–C) groups is 1. The van der Waals surface area contributed by atoms with Gasteiger partial charge in [-0.2, -0.15) is 0 Å². The van der Waals surface area contributed by atoms with Gasteiger partial charge in [0.25, 0.3) is 0 Å². The number of hydrogen-bond acceptors (Lipinski definition) is 2. The Kier molecular flexibility index (Phi) is 8.64. The van der Waals surface area contributed by atoms with Crippen LogP contribution in [0.4, 0.5) is 0 Å². The molecule has 0 amide bonds. The molecule has 1 heterocycles. The molecule has 0 saturated heterocycles. The summed E-state index contributed by atoms with van der Waals surface area (Å²) in [5.74, 6) is 0.251. The third-order valence-corrected chi connectivity index (χ3v) is 12.0. The first-order chi connectivity index (χ1) is 28.1. The molecule has 7 aromatic carbocycles. The maximum atomic E-state index is 5.39. The number of benzene rings is 7. The Morgan fingerprint density at radius 3 is 1.93 bits per heavy atom. The van der Waals surface area contributed by atoms with Crippen LogP contribution in [0.5, 0.6) is 0 Å². The van der Waals surface area contributed by atoms with Crippen LogP contribution in [-0.2, 0) is 5.41 Å². The Morgan fingerprint density at radius 1 is 0.684 bits per heavy atom. The van der Waals surface area contributed by atoms with Gasteiger partial charge in [0.2, 0.25) is 0 Å². The monoisotopic (exact) mass is 733 g/mol. The summed E-state index contributed by atoms with van der Waals surface area (Å²) in [4.78, 5) is 5.39. The fourth-order valence-electron chi connectivity index (χ4n) is 9.50. The van der Waals surface area contributed by atoms with Gasteiger partial charge in [0.1, 0.15) is 6.17 Å². The second-order valence-electron chi connectivity index (χ2n) is 15.3. The highest BCUT2D eigenvalue weighted by Crippen LogP contribution is 2.59. The van der Waals surface area contributed by atoms with Crippen molar-refractivity contribution in [2.45, 2.75) is 30.8 Å². The summed E-state index contributed by atoms with van der Waals surface area (Å²) < 4.78 is 2.35. The predicted molar refractivity (Wildman–Crippen MR) is 238 cm³/mol. The molecule has 0 bridgehead atoms. The van der Waals surface area contributed by atoms with Crippen LogP contribution >= 0.6 is 0 Å². The van der Waals surface area contributed by atoms with Crippen LogP contribution in [0.1, 0.15) is 64.5 Å². The van der Waals surface area contributed by atoms with Crippen LogP contribution in [0.3, 0.4) is 0 Å². The van der Waals surface area contributed by atoms with Gasteiger partial charge in [0.15, 0.2) is 0 Å². The van der Waals surface area contributed by atoms with Crippen LogP contribution in [0.15, 0.2) is 205 Å². The summed E-state index contributed by atoms with van der Waals surface area (Å²) in [7, 11) is 0. The number of hydrogen-bond donors (Lipinski definition) is 1. The first-order valence-electron chi connectivity index (χ1n) is 19.9. The number of aromatic nitrogens is 1. The molecule has 3 nitrogen and oxygen atoms in total. The normalized spacial score (nSPS) is 15.7. The minimum absolute atomic E-state index is 0.251. The maximum absolute atomic E-state index is 5.39. The van der Waals surface area contributed by atoms with E-state index in [2.05, 4.69) is 200 Å². The van der Waals surface area contributed by atoms with Gasteiger partial charge < -0.3 is 9.88 Å². The van der Waals surface area contributed by atoms with E-state index in [0.29, 0.717) is 0 Å². The molecule has 0 aliphatic heterocycles. The largest absolute Gasteiger partial charge is 0.360 e. The third kappa shape index (κ3) is 5.78. The zero-order valence-corrected chi connectivity index (χ0v) is 32.0. The topological polar surface area (TPSA) is 29.3 Å². The van der Waals surface area contributed by atoms with Crippen molar-refractivity contribution in [3.05, 3.63) is 239 Å². The van der Waals surface area contributed by atoms with E-state index in [1.807, 2.05) is 24.3 Å². The lowest BCUT2D eigenvalue weighted by molar-refractivity contribution is 0.638. The van der Waals surface area contributed by atoms with Crippen molar-refractivity contribution in [3.63, 3.8) is 0 Å². The zero-order chi connectivity index (χ0) is 38.3. The van der Waals surface area contributed by atoms with Crippen LogP contribution in [-0.4, -0.2) is 10.9 Å². The van der Waals surface area contributed by atoms with Gasteiger partial charge in [0.05, 0.1) is 23.0 Å². The molecule has 0 spiro atoms. The highest BCUT2D eigenvalue weighted by Gasteiger charge is 2.48. The summed E-state index contributed by atoms with van der Waals surface area (Å²) in [5.41, 5.74) is 16.5. The maximum Gasteiger partial charge on any atom is 0.146 e. The average Bonchev–Trinajstić information content (AvgIpc) is 3.76. The number of nitrogens with zero attached hydrogens (tertiary/aromatic N) is 2. The molecule has 8 aromatic rings. The van der Waals surface area contributed by atoms with Gasteiger partial charge in [-0.25, -0.2) is 4.99 Å². The second kappa shape index (κ2) is 14.3. The molecule has 0 saturated carbocycles. The van der Waals surface area contributed by atoms with E-state index in [-0.39, 0.29) is 12.1 Å². The summed E-state index contributed by atoms with van der Waals surface area (Å²) in [6, 6.07) is 67.5. The van der Waals surface area contributed by atoms with E-state index >= 15 is 0 Å². The molecule has 2 atom stereocenters. The van der Waals surface area contributed by atoms with Crippen molar-refractivity contribution in [2.75, 3.05) is 0 Å². The van der Waals surface area contributed by atoms with Gasteiger partial charge in [-0.1, -0.05) is 195 Å². The molecule has 1 aromatic heterocycles. The Balaban J connectivity index is 1.21. The smallest absolute Gasteiger partial charge is 0.146 e. The second-order valence-corrected chi connectivity index (χ2v) is 15.3. The van der Waals surface area contributed by atoms with Crippen LogP contribution in [0.25, 0.3) is 44.9 Å². The number of allylic oxidation sites excluding steroid dienone is 1. The lowest BCUT2D eigenvalue weighted by Gasteiger charge is -2.39. The summed E-state index contributed by atoms with van der Waals surface area (Å²) in [6.45, 7) is 6.84. The average molecular weight is 734 g/mol. The number of nitrogens with one attached hydrogen (secondary N) is 1. The fourth-order valence-corrected chi connectivity index (χ4v) is 9.50. The molecule has 57 heavy (non-hydrogen) atoms. The molecule has 0 radical (unpaired) electrons. The number of rotatable bonds is 9. The Morgan fingerprint density at radius 2 is 1.26 bits per heavy atom. The van der Waals surface area contributed by atoms with Gasteiger partial charge in [-0.3, -0.25) is 0 Å². The molecule has 2 aliphatic carbocycles. The van der Waals surface area contributed by atoms with E-state index in [4.69, 9.17) is 4.99 Å². The van der Waals surface area contributed by atoms with Crippen molar-refractivity contribution in [1.82, 2.24) is 9.88 Å². The zero-order valence-electron chi connectivity index (χ0n) is 32.0. The number of fused-ring (bicyclic) bond motifs is 6.